The van der Waals surface area contributed by atoms with Crippen molar-refractivity contribution < 1.29 is 14.2 Å². The number of ether oxygens (including phenoxy) is 1. The fourth-order valence-corrected chi connectivity index (χ4v) is 1.32. The first-order valence-electron chi connectivity index (χ1n) is 4.71. The first kappa shape index (κ1) is 11.1. The van der Waals surface area contributed by atoms with Crippen molar-refractivity contribution in [2.75, 3.05) is 6.61 Å². The number of aliphatic hydroxyl groups excluding tert-OH is 1. The van der Waals surface area contributed by atoms with Crippen molar-refractivity contribution in [3.8, 4) is 0 Å². The lowest BCUT2D eigenvalue weighted by molar-refractivity contribution is -0.0242. The summed E-state index contributed by atoms with van der Waals surface area (Å²) in [7, 11) is 0. The number of halogens is 1. The molecule has 3 heteroatoms. The molecule has 0 saturated carbocycles. The molecule has 0 aliphatic rings. The van der Waals surface area contributed by atoms with Gasteiger partial charge in [0.15, 0.2) is 0 Å². The van der Waals surface area contributed by atoms with Crippen LogP contribution in [0.5, 0.6) is 0 Å². The number of rotatable bonds is 4. The zero-order valence-electron chi connectivity index (χ0n) is 8.40. The molecule has 0 fully saturated rings. The van der Waals surface area contributed by atoms with E-state index in [1.54, 1.807) is 25.1 Å². The van der Waals surface area contributed by atoms with Gasteiger partial charge in [0.2, 0.25) is 0 Å². The van der Waals surface area contributed by atoms with Crippen molar-refractivity contribution in [2.45, 2.75) is 26.1 Å². The van der Waals surface area contributed by atoms with Gasteiger partial charge in [-0.15, -0.1) is 0 Å². The Bertz CT molecular complexity index is 288. The van der Waals surface area contributed by atoms with Gasteiger partial charge in [-0.05, 0) is 19.9 Å². The number of hydrogen-bond acceptors (Lipinski definition) is 2. The van der Waals surface area contributed by atoms with Crippen LogP contribution in [-0.2, 0) is 4.74 Å². The maximum atomic E-state index is 13.2. The minimum absolute atomic E-state index is 0.286. The molecule has 0 aliphatic heterocycles. The van der Waals surface area contributed by atoms with Gasteiger partial charge >= 0.3 is 0 Å². The van der Waals surface area contributed by atoms with Crippen LogP contribution in [0.4, 0.5) is 4.39 Å². The lowest BCUT2D eigenvalue weighted by Gasteiger charge is -2.19. The Labute approximate surface area is 83.3 Å². The van der Waals surface area contributed by atoms with Crippen molar-refractivity contribution >= 4 is 0 Å². The highest BCUT2D eigenvalue weighted by molar-refractivity contribution is 5.20. The third-order valence-electron chi connectivity index (χ3n) is 2.10. The van der Waals surface area contributed by atoms with Crippen LogP contribution in [0.25, 0.3) is 0 Å². The van der Waals surface area contributed by atoms with E-state index in [9.17, 15) is 9.50 Å². The zero-order chi connectivity index (χ0) is 10.6. The summed E-state index contributed by atoms with van der Waals surface area (Å²) in [5.41, 5.74) is 0.286. The molecular formula is C11H15FO2. The third kappa shape index (κ3) is 2.53. The van der Waals surface area contributed by atoms with Crippen LogP contribution in [0.15, 0.2) is 24.3 Å². The molecule has 14 heavy (non-hydrogen) atoms. The van der Waals surface area contributed by atoms with E-state index in [1.807, 2.05) is 6.92 Å². The van der Waals surface area contributed by atoms with E-state index < -0.39 is 18.0 Å². The van der Waals surface area contributed by atoms with E-state index in [-0.39, 0.29) is 5.56 Å². The first-order valence-corrected chi connectivity index (χ1v) is 4.71. The minimum atomic E-state index is -0.906. The summed E-state index contributed by atoms with van der Waals surface area (Å²) in [4.78, 5) is 0. The Balaban J connectivity index is 2.78. The van der Waals surface area contributed by atoms with Crippen LogP contribution in [-0.4, -0.2) is 17.8 Å². The maximum Gasteiger partial charge on any atom is 0.129 e. The van der Waals surface area contributed by atoms with Crippen LogP contribution in [0.2, 0.25) is 0 Å². The summed E-state index contributed by atoms with van der Waals surface area (Å²) in [6.45, 7) is 4.07. The SMILES string of the molecule is CCOC(C)C(O)c1ccccc1F. The van der Waals surface area contributed by atoms with Crippen LogP contribution < -0.4 is 0 Å². The van der Waals surface area contributed by atoms with E-state index in [0.717, 1.165) is 0 Å². The van der Waals surface area contributed by atoms with Crippen LogP contribution in [0.3, 0.4) is 0 Å². The van der Waals surface area contributed by atoms with Crippen molar-refractivity contribution in [3.05, 3.63) is 35.6 Å². The second-order valence-corrected chi connectivity index (χ2v) is 3.13. The van der Waals surface area contributed by atoms with Gasteiger partial charge in [0.1, 0.15) is 11.9 Å². The van der Waals surface area contributed by atoms with E-state index in [4.69, 9.17) is 4.74 Å². The first-order chi connectivity index (χ1) is 6.66. The summed E-state index contributed by atoms with van der Waals surface area (Å²) >= 11 is 0. The van der Waals surface area contributed by atoms with E-state index in [1.165, 1.54) is 6.07 Å². The van der Waals surface area contributed by atoms with Gasteiger partial charge < -0.3 is 9.84 Å². The fourth-order valence-electron chi connectivity index (χ4n) is 1.32. The second-order valence-electron chi connectivity index (χ2n) is 3.13. The molecule has 0 aliphatic carbocycles. The van der Waals surface area contributed by atoms with E-state index in [0.29, 0.717) is 6.61 Å². The summed E-state index contributed by atoms with van der Waals surface area (Å²) in [6, 6.07) is 6.18. The molecule has 0 aromatic heterocycles. The standard InChI is InChI=1S/C11H15FO2/c1-3-14-8(2)11(13)9-6-4-5-7-10(9)12/h4-8,11,13H,3H2,1-2H3. The molecule has 1 rings (SSSR count). The summed E-state index contributed by atoms with van der Waals surface area (Å²) in [5.74, 6) is -0.397. The van der Waals surface area contributed by atoms with Crippen LogP contribution in [0.1, 0.15) is 25.5 Å². The normalized spacial score (nSPS) is 15.1. The van der Waals surface area contributed by atoms with Crippen molar-refractivity contribution in [1.82, 2.24) is 0 Å². The fraction of sp³-hybridized carbons (Fsp3) is 0.455. The smallest absolute Gasteiger partial charge is 0.129 e. The predicted molar refractivity (Wildman–Crippen MR) is 52.4 cm³/mol. The van der Waals surface area contributed by atoms with Crippen molar-refractivity contribution in [3.63, 3.8) is 0 Å². The van der Waals surface area contributed by atoms with Gasteiger partial charge in [0.05, 0.1) is 6.10 Å². The van der Waals surface area contributed by atoms with Crippen molar-refractivity contribution in [1.29, 1.82) is 0 Å². The molecule has 2 unspecified atom stereocenters. The van der Waals surface area contributed by atoms with Gasteiger partial charge in [-0.2, -0.15) is 0 Å². The predicted octanol–water partition coefficient (Wildman–Crippen LogP) is 2.28. The van der Waals surface area contributed by atoms with Gasteiger partial charge in [0, 0.05) is 12.2 Å². The highest BCUT2D eigenvalue weighted by Crippen LogP contribution is 2.21. The Hall–Kier alpha value is -0.930. The quantitative estimate of drug-likeness (QED) is 0.804. The van der Waals surface area contributed by atoms with E-state index in [2.05, 4.69) is 0 Å². The molecule has 1 aromatic rings. The maximum absolute atomic E-state index is 13.2. The average Bonchev–Trinajstić information content (AvgIpc) is 2.18. The van der Waals surface area contributed by atoms with Gasteiger partial charge in [-0.1, -0.05) is 18.2 Å². The Morgan fingerprint density at radius 1 is 1.43 bits per heavy atom. The molecule has 0 heterocycles. The number of benzene rings is 1. The molecule has 2 atom stereocenters. The largest absolute Gasteiger partial charge is 0.386 e. The Morgan fingerprint density at radius 2 is 2.07 bits per heavy atom. The summed E-state index contributed by atoms with van der Waals surface area (Å²) in [5, 5.41) is 9.74. The molecule has 2 nitrogen and oxygen atoms in total. The number of aliphatic hydroxyl groups is 1. The minimum Gasteiger partial charge on any atom is -0.386 e. The van der Waals surface area contributed by atoms with Crippen LogP contribution in [0, 0.1) is 5.82 Å². The molecule has 78 valence electrons. The van der Waals surface area contributed by atoms with E-state index >= 15 is 0 Å². The molecule has 0 radical (unpaired) electrons. The molecule has 0 amide bonds. The third-order valence-corrected chi connectivity index (χ3v) is 2.10. The lowest BCUT2D eigenvalue weighted by Crippen LogP contribution is -2.19. The Kier molecular flexibility index (Phi) is 4.04. The summed E-state index contributed by atoms with van der Waals surface area (Å²) in [6.07, 6.45) is -1.30. The molecule has 0 bridgehead atoms. The van der Waals surface area contributed by atoms with Gasteiger partial charge in [-0.25, -0.2) is 4.39 Å². The zero-order valence-corrected chi connectivity index (χ0v) is 8.40. The van der Waals surface area contributed by atoms with Gasteiger partial charge in [0.25, 0.3) is 0 Å². The highest BCUT2D eigenvalue weighted by Gasteiger charge is 2.19. The highest BCUT2D eigenvalue weighted by atomic mass is 19.1. The molecule has 0 spiro atoms. The molecule has 1 N–H and O–H groups in total. The number of hydrogen-bond donors (Lipinski definition) is 1. The molecular weight excluding hydrogens is 183 g/mol. The topological polar surface area (TPSA) is 29.5 Å². The van der Waals surface area contributed by atoms with Crippen molar-refractivity contribution in [2.24, 2.45) is 0 Å². The summed E-state index contributed by atoms with van der Waals surface area (Å²) < 4.78 is 18.4. The monoisotopic (exact) mass is 198 g/mol. The molecule has 0 saturated heterocycles. The van der Waals surface area contributed by atoms with Crippen LogP contribution >= 0.6 is 0 Å². The van der Waals surface area contributed by atoms with Gasteiger partial charge in [-0.3, -0.25) is 0 Å². The molecule has 1 aromatic carbocycles. The average molecular weight is 198 g/mol. The lowest BCUT2D eigenvalue weighted by atomic mass is 10.1. The Morgan fingerprint density at radius 3 is 2.64 bits per heavy atom. The second kappa shape index (κ2) is 5.08.